The summed E-state index contributed by atoms with van der Waals surface area (Å²) in [5.41, 5.74) is 6.58. The molecule has 12 heavy (non-hydrogen) atoms. The molecule has 0 radical (unpaired) electrons. The third-order valence-corrected chi connectivity index (χ3v) is 2.73. The van der Waals surface area contributed by atoms with Gasteiger partial charge in [0.05, 0.1) is 12.6 Å². The molecular weight excluding hydrogens is 288 g/mol. The smallest absolute Gasteiger partial charge is 0.0624 e. The summed E-state index contributed by atoms with van der Waals surface area (Å²) in [5, 5.41) is 9.51. The Morgan fingerprint density at radius 3 is 2.75 bits per heavy atom. The summed E-state index contributed by atoms with van der Waals surface area (Å²) < 4.78 is 0.988. The van der Waals surface area contributed by atoms with E-state index in [4.69, 9.17) is 22.4 Å². The molecule has 0 amide bonds. The molecule has 0 saturated carbocycles. The lowest BCUT2D eigenvalue weighted by Crippen LogP contribution is -2.15. The van der Waals surface area contributed by atoms with Gasteiger partial charge in [0.1, 0.15) is 0 Å². The van der Waals surface area contributed by atoms with Crippen LogP contribution in [-0.4, -0.2) is 11.7 Å². The van der Waals surface area contributed by atoms with Gasteiger partial charge in [-0.1, -0.05) is 17.7 Å². The second-order valence-electron chi connectivity index (χ2n) is 2.45. The second-order valence-corrected chi connectivity index (χ2v) is 4.05. The highest BCUT2D eigenvalue weighted by Crippen LogP contribution is 2.21. The zero-order valence-electron chi connectivity index (χ0n) is 6.30. The van der Waals surface area contributed by atoms with Crippen LogP contribution in [0.25, 0.3) is 0 Å². The molecule has 66 valence electrons. The molecule has 0 aromatic heterocycles. The van der Waals surface area contributed by atoms with Crippen LogP contribution in [0.5, 0.6) is 0 Å². The predicted octanol–water partition coefficient (Wildman–Crippen LogP) is 1.94. The van der Waals surface area contributed by atoms with Gasteiger partial charge in [-0.2, -0.15) is 0 Å². The topological polar surface area (TPSA) is 46.2 Å². The van der Waals surface area contributed by atoms with Gasteiger partial charge >= 0.3 is 0 Å². The Morgan fingerprint density at radius 1 is 1.58 bits per heavy atom. The monoisotopic (exact) mass is 297 g/mol. The molecule has 0 aliphatic carbocycles. The number of aliphatic hydroxyl groups is 1. The lowest BCUT2D eigenvalue weighted by molar-refractivity contribution is 0.267. The zero-order chi connectivity index (χ0) is 9.14. The van der Waals surface area contributed by atoms with E-state index in [2.05, 4.69) is 22.6 Å². The molecule has 0 saturated heterocycles. The van der Waals surface area contributed by atoms with Crippen molar-refractivity contribution in [2.45, 2.75) is 6.04 Å². The maximum atomic E-state index is 8.82. The van der Waals surface area contributed by atoms with Gasteiger partial charge < -0.3 is 10.8 Å². The van der Waals surface area contributed by atoms with E-state index in [1.165, 1.54) is 0 Å². The molecule has 1 atom stereocenters. The van der Waals surface area contributed by atoms with E-state index in [1.54, 1.807) is 6.07 Å². The molecule has 3 N–H and O–H groups in total. The van der Waals surface area contributed by atoms with Crippen LogP contribution < -0.4 is 5.73 Å². The van der Waals surface area contributed by atoms with Crippen LogP contribution in [0.4, 0.5) is 0 Å². The quantitative estimate of drug-likeness (QED) is 0.820. The molecule has 0 fully saturated rings. The number of hydrogen-bond acceptors (Lipinski definition) is 2. The van der Waals surface area contributed by atoms with Gasteiger partial charge in [-0.15, -0.1) is 0 Å². The van der Waals surface area contributed by atoms with Crippen LogP contribution in [0.2, 0.25) is 5.02 Å². The first-order valence-corrected chi connectivity index (χ1v) is 4.92. The number of rotatable bonds is 2. The largest absolute Gasteiger partial charge is 0.394 e. The average molecular weight is 298 g/mol. The molecule has 1 aromatic carbocycles. The first-order chi connectivity index (χ1) is 5.65. The Kier molecular flexibility index (Phi) is 3.77. The fourth-order valence-corrected chi connectivity index (χ4v) is 2.17. The van der Waals surface area contributed by atoms with Crippen molar-refractivity contribution in [1.29, 1.82) is 0 Å². The fraction of sp³-hybridized carbons (Fsp3) is 0.250. The number of halogens is 2. The Bertz CT molecular complexity index is 280. The molecule has 0 heterocycles. The molecule has 1 aromatic rings. The molecule has 1 rings (SSSR count). The average Bonchev–Trinajstić information content (AvgIpc) is 2.03. The van der Waals surface area contributed by atoms with Crippen LogP contribution in [0.1, 0.15) is 11.6 Å². The standard InChI is InChI=1S/C8H9ClINO/c9-5-1-2-6(7(10)3-5)8(11)4-12/h1-3,8,12H,4,11H2. The molecule has 2 nitrogen and oxygen atoms in total. The first-order valence-electron chi connectivity index (χ1n) is 3.46. The van der Waals surface area contributed by atoms with Gasteiger partial charge in [0, 0.05) is 8.59 Å². The van der Waals surface area contributed by atoms with Gasteiger partial charge in [-0.3, -0.25) is 0 Å². The number of benzene rings is 1. The lowest BCUT2D eigenvalue weighted by Gasteiger charge is -2.10. The van der Waals surface area contributed by atoms with Crippen molar-refractivity contribution in [2.75, 3.05) is 6.61 Å². The van der Waals surface area contributed by atoms with Crippen LogP contribution in [0, 0.1) is 3.57 Å². The van der Waals surface area contributed by atoms with Crippen molar-refractivity contribution in [3.8, 4) is 0 Å². The van der Waals surface area contributed by atoms with E-state index in [9.17, 15) is 0 Å². The van der Waals surface area contributed by atoms with Crippen molar-refractivity contribution in [3.05, 3.63) is 32.4 Å². The second kappa shape index (κ2) is 4.41. The first kappa shape index (κ1) is 10.2. The molecule has 0 aliphatic heterocycles. The van der Waals surface area contributed by atoms with Gasteiger partial charge in [-0.25, -0.2) is 0 Å². The van der Waals surface area contributed by atoms with E-state index in [-0.39, 0.29) is 12.6 Å². The predicted molar refractivity (Wildman–Crippen MR) is 58.2 cm³/mol. The lowest BCUT2D eigenvalue weighted by atomic mass is 10.1. The highest BCUT2D eigenvalue weighted by Gasteiger charge is 2.07. The van der Waals surface area contributed by atoms with E-state index >= 15 is 0 Å². The highest BCUT2D eigenvalue weighted by atomic mass is 127. The van der Waals surface area contributed by atoms with Crippen molar-refractivity contribution in [1.82, 2.24) is 0 Å². The van der Waals surface area contributed by atoms with Gasteiger partial charge in [0.25, 0.3) is 0 Å². The highest BCUT2D eigenvalue weighted by molar-refractivity contribution is 14.1. The van der Waals surface area contributed by atoms with Crippen LogP contribution >= 0.6 is 34.2 Å². The fourth-order valence-electron chi connectivity index (χ4n) is 0.901. The summed E-state index contributed by atoms with van der Waals surface area (Å²) in [6, 6.07) is 5.13. The third-order valence-electron chi connectivity index (χ3n) is 1.56. The summed E-state index contributed by atoms with van der Waals surface area (Å²) in [7, 11) is 0. The maximum Gasteiger partial charge on any atom is 0.0624 e. The van der Waals surface area contributed by atoms with E-state index in [0.29, 0.717) is 5.02 Å². The Hall–Kier alpha value is 0.160. The summed E-state index contributed by atoms with van der Waals surface area (Å²) in [5.74, 6) is 0. The number of aliphatic hydroxyl groups excluding tert-OH is 1. The van der Waals surface area contributed by atoms with Crippen LogP contribution in [0.15, 0.2) is 18.2 Å². The minimum Gasteiger partial charge on any atom is -0.394 e. The van der Waals surface area contributed by atoms with Crippen molar-refractivity contribution >= 4 is 34.2 Å². The molecule has 4 heteroatoms. The Morgan fingerprint density at radius 2 is 2.25 bits per heavy atom. The molecule has 0 aliphatic rings. The molecular formula is C8H9ClINO. The Labute approximate surface area is 89.9 Å². The summed E-state index contributed by atoms with van der Waals surface area (Å²) >= 11 is 7.91. The number of hydrogen-bond donors (Lipinski definition) is 2. The SMILES string of the molecule is NC(CO)c1ccc(Cl)cc1I. The molecule has 0 spiro atoms. The zero-order valence-corrected chi connectivity index (χ0v) is 9.21. The third kappa shape index (κ3) is 2.32. The van der Waals surface area contributed by atoms with Crippen molar-refractivity contribution < 1.29 is 5.11 Å². The maximum absolute atomic E-state index is 8.82. The minimum absolute atomic E-state index is 0.0440. The summed E-state index contributed by atoms with van der Waals surface area (Å²) in [6.45, 7) is -0.0440. The van der Waals surface area contributed by atoms with Gasteiger partial charge in [-0.05, 0) is 40.3 Å². The number of nitrogens with two attached hydrogens (primary N) is 1. The normalized spacial score (nSPS) is 13.0. The van der Waals surface area contributed by atoms with Gasteiger partial charge in [0.15, 0.2) is 0 Å². The molecule has 0 bridgehead atoms. The Balaban J connectivity index is 3.01. The van der Waals surface area contributed by atoms with E-state index in [1.807, 2.05) is 12.1 Å². The van der Waals surface area contributed by atoms with Gasteiger partial charge in [0.2, 0.25) is 0 Å². The van der Waals surface area contributed by atoms with Crippen LogP contribution in [0.3, 0.4) is 0 Å². The van der Waals surface area contributed by atoms with E-state index in [0.717, 1.165) is 9.13 Å². The summed E-state index contributed by atoms with van der Waals surface area (Å²) in [4.78, 5) is 0. The van der Waals surface area contributed by atoms with Crippen molar-refractivity contribution in [3.63, 3.8) is 0 Å². The van der Waals surface area contributed by atoms with Crippen LogP contribution in [-0.2, 0) is 0 Å². The minimum atomic E-state index is -0.311. The van der Waals surface area contributed by atoms with Crippen molar-refractivity contribution in [2.24, 2.45) is 5.73 Å². The summed E-state index contributed by atoms with van der Waals surface area (Å²) in [6.07, 6.45) is 0. The van der Waals surface area contributed by atoms with E-state index < -0.39 is 0 Å². The molecule has 1 unspecified atom stereocenters.